The molecule has 0 atom stereocenters. The van der Waals surface area contributed by atoms with Gasteiger partial charge in [-0.05, 0) is 42.7 Å². The molecule has 2 aromatic carbocycles. The molecule has 0 radical (unpaired) electrons. The van der Waals surface area contributed by atoms with Gasteiger partial charge in [0.1, 0.15) is 6.33 Å². The Morgan fingerprint density at radius 3 is 2.88 bits per heavy atom. The van der Waals surface area contributed by atoms with Crippen molar-refractivity contribution >= 4 is 29.3 Å². The highest BCUT2D eigenvalue weighted by Crippen LogP contribution is 2.21. The molecule has 3 rings (SSSR count). The van der Waals surface area contributed by atoms with Gasteiger partial charge in [-0.2, -0.15) is 0 Å². The zero-order valence-corrected chi connectivity index (χ0v) is 15.9. The monoisotopic (exact) mass is 386 g/mol. The van der Waals surface area contributed by atoms with Crippen LogP contribution in [0.3, 0.4) is 0 Å². The average molecular weight is 387 g/mol. The van der Waals surface area contributed by atoms with E-state index in [0.29, 0.717) is 16.7 Å². The van der Waals surface area contributed by atoms with Gasteiger partial charge in [-0.15, -0.1) is 10.2 Å². The summed E-state index contributed by atoms with van der Waals surface area (Å²) in [5.74, 6) is 0.261. The molecule has 1 aromatic heterocycles. The van der Waals surface area contributed by atoms with Crippen LogP contribution < -0.4 is 5.32 Å². The number of carbonyl (C=O) groups excluding carboxylic acids is 1. The number of thioether (sulfide) groups is 1. The molecule has 0 bridgehead atoms. The van der Waals surface area contributed by atoms with Crippen LogP contribution in [0.15, 0.2) is 60.0 Å². The molecule has 0 aliphatic heterocycles. The molecular formula is C19H19ClN4OS. The van der Waals surface area contributed by atoms with Crippen molar-refractivity contribution in [2.45, 2.75) is 18.5 Å². The van der Waals surface area contributed by atoms with E-state index in [1.165, 1.54) is 22.9 Å². The van der Waals surface area contributed by atoms with Crippen LogP contribution >= 0.6 is 23.4 Å². The second-order valence-electron chi connectivity index (χ2n) is 5.78. The molecule has 134 valence electrons. The van der Waals surface area contributed by atoms with Crippen LogP contribution in [0.1, 0.15) is 11.1 Å². The molecule has 5 nitrogen and oxygen atoms in total. The molecule has 0 aliphatic rings. The van der Waals surface area contributed by atoms with Gasteiger partial charge >= 0.3 is 0 Å². The summed E-state index contributed by atoms with van der Waals surface area (Å²) < 4.78 is 1.82. The number of rotatable bonds is 7. The Morgan fingerprint density at radius 2 is 2.08 bits per heavy atom. The second kappa shape index (κ2) is 8.87. The predicted molar refractivity (Wildman–Crippen MR) is 105 cm³/mol. The molecule has 0 fully saturated rings. The number of nitrogens with one attached hydrogen (secondary N) is 1. The Morgan fingerprint density at radius 1 is 1.23 bits per heavy atom. The van der Waals surface area contributed by atoms with Crippen LogP contribution in [-0.4, -0.2) is 33.0 Å². The number of aromatic nitrogens is 3. The zero-order chi connectivity index (χ0) is 18.4. The van der Waals surface area contributed by atoms with Crippen LogP contribution in [0.5, 0.6) is 0 Å². The topological polar surface area (TPSA) is 59.8 Å². The maximum atomic E-state index is 12.1. The largest absolute Gasteiger partial charge is 0.355 e. The van der Waals surface area contributed by atoms with E-state index in [1.807, 2.05) is 41.0 Å². The minimum absolute atomic E-state index is 0.0239. The van der Waals surface area contributed by atoms with Gasteiger partial charge in [0.15, 0.2) is 5.16 Å². The summed E-state index contributed by atoms with van der Waals surface area (Å²) >= 11 is 7.38. The van der Waals surface area contributed by atoms with E-state index in [9.17, 15) is 4.79 Å². The first-order valence-corrected chi connectivity index (χ1v) is 9.60. The SMILES string of the molecule is Cc1ccccc1CCNC(=O)CSc1nncn1-c1cccc(Cl)c1. The fourth-order valence-electron chi connectivity index (χ4n) is 2.53. The number of nitrogens with zero attached hydrogens (tertiary/aromatic N) is 3. The van der Waals surface area contributed by atoms with Crippen LogP contribution in [0.2, 0.25) is 5.02 Å². The molecule has 26 heavy (non-hydrogen) atoms. The van der Waals surface area contributed by atoms with E-state index in [0.717, 1.165) is 12.1 Å². The van der Waals surface area contributed by atoms with Gasteiger partial charge in [0, 0.05) is 11.6 Å². The van der Waals surface area contributed by atoms with Crippen molar-refractivity contribution < 1.29 is 4.79 Å². The number of benzene rings is 2. The van der Waals surface area contributed by atoms with E-state index < -0.39 is 0 Å². The Kier molecular flexibility index (Phi) is 6.30. The van der Waals surface area contributed by atoms with Crippen molar-refractivity contribution in [2.24, 2.45) is 0 Å². The molecule has 0 spiro atoms. The molecule has 1 N–H and O–H groups in total. The van der Waals surface area contributed by atoms with Gasteiger partial charge in [-0.25, -0.2) is 0 Å². The molecule has 0 aliphatic carbocycles. The highest BCUT2D eigenvalue weighted by molar-refractivity contribution is 7.99. The number of amides is 1. The molecule has 0 saturated carbocycles. The molecule has 0 unspecified atom stereocenters. The van der Waals surface area contributed by atoms with Crippen LogP contribution in [0.25, 0.3) is 5.69 Å². The fraction of sp³-hybridized carbons (Fsp3) is 0.211. The predicted octanol–water partition coefficient (Wildman–Crippen LogP) is 3.68. The summed E-state index contributed by atoms with van der Waals surface area (Å²) in [7, 11) is 0. The number of hydrogen-bond donors (Lipinski definition) is 1. The number of aryl methyl sites for hydroxylation is 1. The molecule has 0 saturated heterocycles. The maximum Gasteiger partial charge on any atom is 0.230 e. The Bertz CT molecular complexity index is 897. The molecule has 7 heteroatoms. The summed E-state index contributed by atoms with van der Waals surface area (Å²) in [6.07, 6.45) is 2.44. The highest BCUT2D eigenvalue weighted by atomic mass is 35.5. The minimum Gasteiger partial charge on any atom is -0.355 e. The van der Waals surface area contributed by atoms with Gasteiger partial charge in [0.2, 0.25) is 5.91 Å². The van der Waals surface area contributed by atoms with Crippen LogP contribution in [0.4, 0.5) is 0 Å². The van der Waals surface area contributed by atoms with Crippen molar-refractivity contribution in [3.8, 4) is 5.69 Å². The fourth-order valence-corrected chi connectivity index (χ4v) is 3.48. The van der Waals surface area contributed by atoms with E-state index in [-0.39, 0.29) is 11.7 Å². The lowest BCUT2D eigenvalue weighted by atomic mass is 10.1. The Labute approximate surface area is 161 Å². The van der Waals surface area contributed by atoms with Gasteiger partial charge in [0.25, 0.3) is 0 Å². The molecule has 3 aromatic rings. The zero-order valence-electron chi connectivity index (χ0n) is 14.4. The first kappa shape index (κ1) is 18.5. The van der Waals surface area contributed by atoms with Crippen molar-refractivity contribution in [3.05, 3.63) is 71.0 Å². The van der Waals surface area contributed by atoms with Gasteiger partial charge in [-0.1, -0.05) is 53.7 Å². The maximum absolute atomic E-state index is 12.1. The van der Waals surface area contributed by atoms with E-state index in [4.69, 9.17) is 11.6 Å². The lowest BCUT2D eigenvalue weighted by molar-refractivity contribution is -0.118. The first-order valence-electron chi connectivity index (χ1n) is 8.23. The average Bonchev–Trinajstić information content (AvgIpc) is 3.10. The third-order valence-corrected chi connectivity index (χ3v) is 5.09. The van der Waals surface area contributed by atoms with Gasteiger partial charge < -0.3 is 5.32 Å². The first-order chi connectivity index (χ1) is 12.6. The van der Waals surface area contributed by atoms with Crippen LogP contribution in [0, 0.1) is 6.92 Å². The molecule has 1 amide bonds. The van der Waals surface area contributed by atoms with Crippen molar-refractivity contribution in [3.63, 3.8) is 0 Å². The standard InChI is InChI=1S/C19H19ClN4OS/c1-14-5-2-3-6-15(14)9-10-21-18(25)12-26-19-23-22-13-24(19)17-8-4-7-16(20)11-17/h2-8,11,13H,9-10,12H2,1H3,(H,21,25). The van der Waals surface area contributed by atoms with E-state index >= 15 is 0 Å². The molecule has 1 heterocycles. The second-order valence-corrected chi connectivity index (χ2v) is 7.16. The van der Waals surface area contributed by atoms with Gasteiger partial charge in [-0.3, -0.25) is 9.36 Å². The smallest absolute Gasteiger partial charge is 0.230 e. The molecular weight excluding hydrogens is 368 g/mol. The van der Waals surface area contributed by atoms with Crippen molar-refractivity contribution in [2.75, 3.05) is 12.3 Å². The van der Waals surface area contributed by atoms with Crippen LogP contribution in [-0.2, 0) is 11.2 Å². The highest BCUT2D eigenvalue weighted by Gasteiger charge is 2.10. The third kappa shape index (κ3) is 4.86. The lowest BCUT2D eigenvalue weighted by Crippen LogP contribution is -2.27. The third-order valence-electron chi connectivity index (χ3n) is 3.91. The van der Waals surface area contributed by atoms with E-state index in [1.54, 1.807) is 6.33 Å². The van der Waals surface area contributed by atoms with E-state index in [2.05, 4.69) is 34.6 Å². The number of hydrogen-bond acceptors (Lipinski definition) is 4. The summed E-state index contributed by atoms with van der Waals surface area (Å²) in [5.41, 5.74) is 3.36. The minimum atomic E-state index is -0.0239. The van der Waals surface area contributed by atoms with Gasteiger partial charge in [0.05, 0.1) is 11.4 Å². The summed E-state index contributed by atoms with van der Waals surface area (Å²) in [6.45, 7) is 2.70. The number of carbonyl (C=O) groups is 1. The normalized spacial score (nSPS) is 10.7. The quantitative estimate of drug-likeness (QED) is 0.629. The lowest BCUT2D eigenvalue weighted by Gasteiger charge is -2.08. The Hall–Kier alpha value is -2.31. The Balaban J connectivity index is 1.51. The summed E-state index contributed by atoms with van der Waals surface area (Å²) in [5, 5.41) is 12.3. The van der Waals surface area contributed by atoms with Crippen molar-refractivity contribution in [1.29, 1.82) is 0 Å². The summed E-state index contributed by atoms with van der Waals surface area (Å²) in [4.78, 5) is 12.1. The van der Waals surface area contributed by atoms with Crippen molar-refractivity contribution in [1.82, 2.24) is 20.1 Å². The summed E-state index contributed by atoms with van der Waals surface area (Å²) in [6, 6.07) is 15.6. The number of halogens is 1.